The maximum absolute atomic E-state index is 10.2. The van der Waals surface area contributed by atoms with E-state index in [2.05, 4.69) is 24.2 Å². The average molecular weight is 288 g/mol. The molecule has 1 heterocycles. The van der Waals surface area contributed by atoms with Crippen LogP contribution >= 0.6 is 0 Å². The number of rotatable bonds is 9. The first-order chi connectivity index (χ1) is 10.2. The van der Waals surface area contributed by atoms with E-state index in [9.17, 15) is 5.11 Å². The van der Waals surface area contributed by atoms with E-state index in [4.69, 9.17) is 0 Å². The summed E-state index contributed by atoms with van der Waals surface area (Å²) in [4.78, 5) is 0. The van der Waals surface area contributed by atoms with Crippen molar-refractivity contribution in [3.8, 4) is 0 Å². The number of fused-ring (bicyclic) bond motifs is 1. The summed E-state index contributed by atoms with van der Waals surface area (Å²) < 4.78 is 1.90. The number of para-hydroxylation sites is 1. The Kier molecular flexibility index (Phi) is 6.24. The van der Waals surface area contributed by atoms with E-state index in [-0.39, 0.29) is 6.10 Å². The summed E-state index contributed by atoms with van der Waals surface area (Å²) in [6, 6.07) is 8.23. The van der Waals surface area contributed by atoms with Crippen LogP contribution < -0.4 is 0 Å². The first-order valence-corrected chi connectivity index (χ1v) is 8.31. The molecule has 1 unspecified atom stereocenters. The Morgan fingerprint density at radius 3 is 2.62 bits per heavy atom. The van der Waals surface area contributed by atoms with Crippen molar-refractivity contribution in [2.24, 2.45) is 7.05 Å². The lowest BCUT2D eigenvalue weighted by Gasteiger charge is -2.09. The van der Waals surface area contributed by atoms with Crippen molar-refractivity contribution in [1.29, 1.82) is 0 Å². The van der Waals surface area contributed by atoms with Crippen LogP contribution in [0.5, 0.6) is 0 Å². The van der Waals surface area contributed by atoms with Gasteiger partial charge in [0.2, 0.25) is 0 Å². The van der Waals surface area contributed by atoms with Gasteiger partial charge in [-0.2, -0.15) is 5.10 Å². The van der Waals surface area contributed by atoms with Crippen LogP contribution in [0.4, 0.5) is 0 Å². The van der Waals surface area contributed by atoms with Gasteiger partial charge in [-0.1, -0.05) is 63.6 Å². The minimum atomic E-state index is -0.269. The van der Waals surface area contributed by atoms with Crippen molar-refractivity contribution >= 4 is 10.9 Å². The molecule has 2 rings (SSSR count). The normalized spacial score (nSPS) is 12.9. The predicted octanol–water partition coefficient (Wildman–Crippen LogP) is 4.23. The number of aryl methyl sites for hydroxylation is 1. The number of aliphatic hydroxyl groups is 1. The lowest BCUT2D eigenvalue weighted by Crippen LogP contribution is -2.11. The Bertz CT molecular complexity index is 547. The molecule has 0 saturated carbocycles. The van der Waals surface area contributed by atoms with Gasteiger partial charge in [0.25, 0.3) is 0 Å². The molecule has 0 saturated heterocycles. The second-order valence-corrected chi connectivity index (χ2v) is 6.00. The molecule has 3 heteroatoms. The Hall–Kier alpha value is -1.35. The third-order valence-corrected chi connectivity index (χ3v) is 4.15. The fourth-order valence-electron chi connectivity index (χ4n) is 2.92. The molecular weight excluding hydrogens is 260 g/mol. The summed E-state index contributed by atoms with van der Waals surface area (Å²) in [6.07, 6.45) is 8.89. The van der Waals surface area contributed by atoms with Gasteiger partial charge in [-0.25, -0.2) is 0 Å². The van der Waals surface area contributed by atoms with E-state index < -0.39 is 0 Å². The zero-order valence-electron chi connectivity index (χ0n) is 13.4. The zero-order chi connectivity index (χ0) is 15.1. The molecule has 0 aliphatic carbocycles. The highest BCUT2D eigenvalue weighted by molar-refractivity contribution is 5.81. The molecule has 3 nitrogen and oxygen atoms in total. The van der Waals surface area contributed by atoms with E-state index >= 15 is 0 Å². The van der Waals surface area contributed by atoms with Gasteiger partial charge in [0.15, 0.2) is 0 Å². The molecule has 1 atom stereocenters. The molecule has 1 N–H and O–H groups in total. The van der Waals surface area contributed by atoms with Crippen LogP contribution in [0.3, 0.4) is 0 Å². The Balaban J connectivity index is 1.80. The quantitative estimate of drug-likeness (QED) is 0.701. The topological polar surface area (TPSA) is 38.1 Å². The SMILES string of the molecule is CCCCCCCCC(O)Cc1nn(C)c2ccccc12. The minimum absolute atomic E-state index is 0.269. The minimum Gasteiger partial charge on any atom is -0.393 e. The largest absolute Gasteiger partial charge is 0.393 e. The lowest BCUT2D eigenvalue weighted by molar-refractivity contribution is 0.160. The van der Waals surface area contributed by atoms with Crippen LogP contribution in [-0.2, 0) is 13.5 Å². The number of unbranched alkanes of at least 4 members (excludes halogenated alkanes) is 5. The fraction of sp³-hybridized carbons (Fsp3) is 0.611. The summed E-state index contributed by atoms with van der Waals surface area (Å²) in [6.45, 7) is 2.24. The molecule has 0 aliphatic heterocycles. The lowest BCUT2D eigenvalue weighted by atomic mass is 10.0. The van der Waals surface area contributed by atoms with Crippen LogP contribution in [0.25, 0.3) is 10.9 Å². The van der Waals surface area contributed by atoms with Gasteiger partial charge in [-0.05, 0) is 12.5 Å². The fourth-order valence-corrected chi connectivity index (χ4v) is 2.92. The number of hydrogen-bond donors (Lipinski definition) is 1. The molecule has 21 heavy (non-hydrogen) atoms. The molecule has 0 amide bonds. The highest BCUT2D eigenvalue weighted by atomic mass is 16.3. The van der Waals surface area contributed by atoms with Crippen LogP contribution in [-0.4, -0.2) is 21.0 Å². The van der Waals surface area contributed by atoms with Crippen LogP contribution in [0.15, 0.2) is 24.3 Å². The molecule has 116 valence electrons. The van der Waals surface area contributed by atoms with Gasteiger partial charge in [0.1, 0.15) is 0 Å². The number of aliphatic hydroxyl groups excluding tert-OH is 1. The van der Waals surface area contributed by atoms with Crippen molar-refractivity contribution in [2.75, 3.05) is 0 Å². The Labute approximate surface area is 128 Å². The van der Waals surface area contributed by atoms with Crippen LogP contribution in [0, 0.1) is 0 Å². The van der Waals surface area contributed by atoms with Gasteiger partial charge >= 0.3 is 0 Å². The summed E-state index contributed by atoms with van der Waals surface area (Å²) in [5.41, 5.74) is 2.16. The van der Waals surface area contributed by atoms with E-state index in [1.807, 2.05) is 23.9 Å². The number of aromatic nitrogens is 2. The first-order valence-electron chi connectivity index (χ1n) is 8.31. The molecule has 0 bridgehead atoms. The van der Waals surface area contributed by atoms with Crippen LogP contribution in [0.2, 0.25) is 0 Å². The Morgan fingerprint density at radius 2 is 1.81 bits per heavy atom. The molecule has 0 spiro atoms. The highest BCUT2D eigenvalue weighted by Gasteiger charge is 2.12. The van der Waals surface area contributed by atoms with Crippen molar-refractivity contribution in [2.45, 2.75) is 64.4 Å². The molecule has 2 aromatic rings. The van der Waals surface area contributed by atoms with Gasteiger partial charge in [-0.15, -0.1) is 0 Å². The maximum atomic E-state index is 10.2. The smallest absolute Gasteiger partial charge is 0.0728 e. The van der Waals surface area contributed by atoms with Gasteiger partial charge in [-0.3, -0.25) is 4.68 Å². The third-order valence-electron chi connectivity index (χ3n) is 4.15. The van der Waals surface area contributed by atoms with Crippen molar-refractivity contribution in [3.05, 3.63) is 30.0 Å². The molecular formula is C18H28N2O. The monoisotopic (exact) mass is 288 g/mol. The molecule has 1 aromatic carbocycles. The van der Waals surface area contributed by atoms with Crippen LogP contribution in [0.1, 0.15) is 57.6 Å². The van der Waals surface area contributed by atoms with Gasteiger partial charge in [0, 0.05) is 18.9 Å². The molecule has 1 aromatic heterocycles. The van der Waals surface area contributed by atoms with Gasteiger partial charge in [0.05, 0.1) is 17.3 Å². The second-order valence-electron chi connectivity index (χ2n) is 6.00. The van der Waals surface area contributed by atoms with E-state index in [0.717, 1.165) is 24.1 Å². The summed E-state index contributed by atoms with van der Waals surface area (Å²) >= 11 is 0. The second kappa shape index (κ2) is 8.18. The van der Waals surface area contributed by atoms with E-state index in [0.29, 0.717) is 6.42 Å². The Morgan fingerprint density at radius 1 is 1.10 bits per heavy atom. The predicted molar refractivity (Wildman–Crippen MR) is 88.4 cm³/mol. The van der Waals surface area contributed by atoms with E-state index in [1.165, 1.54) is 37.5 Å². The van der Waals surface area contributed by atoms with Crippen molar-refractivity contribution < 1.29 is 5.11 Å². The molecule has 0 fully saturated rings. The zero-order valence-corrected chi connectivity index (χ0v) is 13.4. The molecule has 0 aliphatic rings. The third kappa shape index (κ3) is 4.57. The highest BCUT2D eigenvalue weighted by Crippen LogP contribution is 2.20. The number of nitrogens with zero attached hydrogens (tertiary/aromatic N) is 2. The number of hydrogen-bond acceptors (Lipinski definition) is 2. The van der Waals surface area contributed by atoms with E-state index in [1.54, 1.807) is 0 Å². The van der Waals surface area contributed by atoms with Crippen molar-refractivity contribution in [1.82, 2.24) is 9.78 Å². The summed E-state index contributed by atoms with van der Waals surface area (Å²) in [5, 5.41) is 15.9. The summed E-state index contributed by atoms with van der Waals surface area (Å²) in [7, 11) is 1.96. The first kappa shape index (κ1) is 16.0. The van der Waals surface area contributed by atoms with Gasteiger partial charge < -0.3 is 5.11 Å². The van der Waals surface area contributed by atoms with Crippen molar-refractivity contribution in [3.63, 3.8) is 0 Å². The summed E-state index contributed by atoms with van der Waals surface area (Å²) in [5.74, 6) is 0. The molecule has 0 radical (unpaired) electrons. The average Bonchev–Trinajstić information content (AvgIpc) is 2.80. The maximum Gasteiger partial charge on any atom is 0.0728 e. The number of benzene rings is 1. The standard InChI is InChI=1S/C18H28N2O/c1-3-4-5-6-7-8-11-15(21)14-17-16-12-9-10-13-18(16)20(2)19-17/h9-10,12-13,15,21H,3-8,11,14H2,1-2H3.